The van der Waals surface area contributed by atoms with Gasteiger partial charge in [-0.3, -0.25) is 0 Å². The van der Waals surface area contributed by atoms with Crippen LogP contribution >= 0.6 is 0 Å². The van der Waals surface area contributed by atoms with Crippen LogP contribution in [0.2, 0.25) is 0 Å². The Bertz CT molecular complexity index is 333. The second-order valence-electron chi connectivity index (χ2n) is 5.50. The first-order valence-corrected chi connectivity index (χ1v) is 7.55. The van der Waals surface area contributed by atoms with Gasteiger partial charge in [0.15, 0.2) is 0 Å². The number of nitrogens with zero attached hydrogens (tertiary/aromatic N) is 3. The molecule has 0 spiro atoms. The Morgan fingerprint density at radius 1 is 1.26 bits per heavy atom. The van der Waals surface area contributed by atoms with Crippen molar-refractivity contribution >= 4 is 0 Å². The maximum atomic E-state index is 4.02. The molecule has 1 aliphatic rings. The molecule has 2 rings (SSSR count). The van der Waals surface area contributed by atoms with Gasteiger partial charge in [0.05, 0.1) is 0 Å². The Morgan fingerprint density at radius 3 is 2.68 bits per heavy atom. The summed E-state index contributed by atoms with van der Waals surface area (Å²) in [7, 11) is 0. The van der Waals surface area contributed by atoms with E-state index in [-0.39, 0.29) is 0 Å². The molecule has 0 aromatic carbocycles. The monoisotopic (exact) mass is 262 g/mol. The van der Waals surface area contributed by atoms with E-state index in [1.165, 1.54) is 50.9 Å². The molecule has 1 aromatic rings. The van der Waals surface area contributed by atoms with Crippen molar-refractivity contribution < 1.29 is 0 Å². The van der Waals surface area contributed by atoms with Crippen molar-refractivity contribution in [3.05, 3.63) is 24.3 Å². The van der Waals surface area contributed by atoms with E-state index < -0.39 is 0 Å². The van der Waals surface area contributed by atoms with Gasteiger partial charge in [-0.15, -0.1) is 0 Å². The maximum Gasteiger partial charge on any atom is 0.115 e. The van der Waals surface area contributed by atoms with Crippen LogP contribution < -0.4 is 5.32 Å². The molecule has 1 aromatic heterocycles. The fourth-order valence-corrected chi connectivity index (χ4v) is 2.78. The van der Waals surface area contributed by atoms with Crippen molar-refractivity contribution in [3.8, 4) is 0 Å². The van der Waals surface area contributed by atoms with E-state index in [9.17, 15) is 0 Å². The number of rotatable bonds is 7. The summed E-state index contributed by atoms with van der Waals surface area (Å²) in [6.45, 7) is 8.13. The molecule has 1 fully saturated rings. The highest BCUT2D eigenvalue weighted by Gasteiger charge is 2.17. The molecular formula is C15H26N4. The lowest BCUT2D eigenvalue weighted by atomic mass is 9.93. The molecule has 2 heterocycles. The van der Waals surface area contributed by atoms with Crippen molar-refractivity contribution in [1.29, 1.82) is 0 Å². The quantitative estimate of drug-likeness (QED) is 0.764. The lowest BCUT2D eigenvalue weighted by Gasteiger charge is -2.31. The topological polar surface area (TPSA) is 41.0 Å². The standard InChI is InChI=1S/C15H26N4/c1-2-7-19-8-4-14(5-9-19)3-6-16-10-15-11-17-13-18-12-15/h11-14,16H,2-10H2,1H3. The second-order valence-corrected chi connectivity index (χ2v) is 5.50. The lowest BCUT2D eigenvalue weighted by Crippen LogP contribution is -2.35. The average molecular weight is 262 g/mol. The molecule has 0 unspecified atom stereocenters. The first-order valence-electron chi connectivity index (χ1n) is 7.55. The van der Waals surface area contributed by atoms with Crippen LogP contribution in [0.5, 0.6) is 0 Å². The average Bonchev–Trinajstić information content (AvgIpc) is 2.47. The Hall–Kier alpha value is -1.00. The normalized spacial score (nSPS) is 17.7. The summed E-state index contributed by atoms with van der Waals surface area (Å²) >= 11 is 0. The largest absolute Gasteiger partial charge is 0.313 e. The van der Waals surface area contributed by atoms with Crippen LogP contribution in [0.3, 0.4) is 0 Å². The van der Waals surface area contributed by atoms with Crippen LogP contribution in [0.25, 0.3) is 0 Å². The van der Waals surface area contributed by atoms with Crippen molar-refractivity contribution in [1.82, 2.24) is 20.2 Å². The number of likely N-dealkylation sites (tertiary alicyclic amines) is 1. The van der Waals surface area contributed by atoms with E-state index in [4.69, 9.17) is 0 Å². The highest BCUT2D eigenvalue weighted by Crippen LogP contribution is 2.19. The zero-order chi connectivity index (χ0) is 13.3. The number of piperidine rings is 1. The summed E-state index contributed by atoms with van der Waals surface area (Å²) in [5.74, 6) is 0.910. The van der Waals surface area contributed by atoms with Gasteiger partial charge in [-0.2, -0.15) is 0 Å². The fraction of sp³-hybridized carbons (Fsp3) is 0.733. The van der Waals surface area contributed by atoms with Gasteiger partial charge < -0.3 is 10.2 Å². The van der Waals surface area contributed by atoms with Gasteiger partial charge in [0.25, 0.3) is 0 Å². The molecule has 4 heteroatoms. The smallest absolute Gasteiger partial charge is 0.115 e. The minimum atomic E-state index is 0.884. The summed E-state index contributed by atoms with van der Waals surface area (Å²) in [4.78, 5) is 10.6. The van der Waals surface area contributed by atoms with Gasteiger partial charge in [-0.1, -0.05) is 6.92 Å². The van der Waals surface area contributed by atoms with E-state index in [2.05, 4.69) is 27.1 Å². The van der Waals surface area contributed by atoms with Gasteiger partial charge >= 0.3 is 0 Å². The molecule has 1 N–H and O–H groups in total. The first-order chi connectivity index (χ1) is 9.38. The predicted octanol–water partition coefficient (Wildman–Crippen LogP) is 2.08. The third-order valence-electron chi connectivity index (χ3n) is 3.92. The Balaban J connectivity index is 1.55. The van der Waals surface area contributed by atoms with E-state index in [0.29, 0.717) is 0 Å². The SMILES string of the molecule is CCCN1CCC(CCNCc2cncnc2)CC1. The third kappa shape index (κ3) is 5.25. The van der Waals surface area contributed by atoms with Gasteiger partial charge in [0.2, 0.25) is 0 Å². The molecule has 0 bridgehead atoms. The third-order valence-corrected chi connectivity index (χ3v) is 3.92. The van der Waals surface area contributed by atoms with Gasteiger partial charge in [0, 0.05) is 24.5 Å². The number of aromatic nitrogens is 2. The van der Waals surface area contributed by atoms with Gasteiger partial charge in [-0.25, -0.2) is 9.97 Å². The molecule has 106 valence electrons. The summed E-state index contributed by atoms with van der Waals surface area (Å²) in [6, 6.07) is 0. The summed E-state index contributed by atoms with van der Waals surface area (Å²) in [5, 5.41) is 3.49. The van der Waals surface area contributed by atoms with E-state index in [1.807, 2.05) is 12.4 Å². The van der Waals surface area contributed by atoms with E-state index >= 15 is 0 Å². The van der Waals surface area contributed by atoms with Crippen molar-refractivity contribution in [2.75, 3.05) is 26.2 Å². The molecule has 19 heavy (non-hydrogen) atoms. The minimum absolute atomic E-state index is 0.884. The van der Waals surface area contributed by atoms with E-state index in [1.54, 1.807) is 6.33 Å². The molecule has 1 saturated heterocycles. The number of hydrogen-bond acceptors (Lipinski definition) is 4. The molecule has 0 saturated carbocycles. The predicted molar refractivity (Wildman–Crippen MR) is 77.8 cm³/mol. The Kier molecular flexibility index (Phi) is 6.24. The maximum absolute atomic E-state index is 4.02. The highest BCUT2D eigenvalue weighted by atomic mass is 15.1. The number of hydrogen-bond donors (Lipinski definition) is 1. The zero-order valence-electron chi connectivity index (χ0n) is 12.0. The minimum Gasteiger partial charge on any atom is -0.313 e. The van der Waals surface area contributed by atoms with Crippen LogP contribution in [-0.2, 0) is 6.54 Å². The number of nitrogens with one attached hydrogen (secondary N) is 1. The second kappa shape index (κ2) is 8.23. The lowest BCUT2D eigenvalue weighted by molar-refractivity contribution is 0.179. The molecule has 0 amide bonds. The Morgan fingerprint density at radius 2 is 2.00 bits per heavy atom. The summed E-state index contributed by atoms with van der Waals surface area (Å²) in [6.07, 6.45) is 10.7. The van der Waals surface area contributed by atoms with Crippen molar-refractivity contribution in [2.24, 2.45) is 5.92 Å². The summed E-state index contributed by atoms with van der Waals surface area (Å²) < 4.78 is 0. The summed E-state index contributed by atoms with van der Waals surface area (Å²) in [5.41, 5.74) is 1.17. The highest BCUT2D eigenvalue weighted by molar-refractivity contribution is 5.01. The molecule has 4 nitrogen and oxygen atoms in total. The molecule has 0 aliphatic carbocycles. The molecule has 0 atom stereocenters. The van der Waals surface area contributed by atoms with Crippen LogP contribution in [0.1, 0.15) is 38.2 Å². The molecule has 1 aliphatic heterocycles. The molecular weight excluding hydrogens is 236 g/mol. The zero-order valence-corrected chi connectivity index (χ0v) is 12.0. The van der Waals surface area contributed by atoms with Crippen molar-refractivity contribution in [3.63, 3.8) is 0 Å². The van der Waals surface area contributed by atoms with Crippen LogP contribution in [-0.4, -0.2) is 41.0 Å². The first kappa shape index (κ1) is 14.4. The Labute approximate surface area is 116 Å². The van der Waals surface area contributed by atoms with E-state index in [0.717, 1.165) is 19.0 Å². The van der Waals surface area contributed by atoms with Crippen LogP contribution in [0, 0.1) is 5.92 Å². The molecule has 0 radical (unpaired) electrons. The van der Waals surface area contributed by atoms with Gasteiger partial charge in [-0.05, 0) is 57.8 Å². The van der Waals surface area contributed by atoms with Crippen LogP contribution in [0.15, 0.2) is 18.7 Å². The van der Waals surface area contributed by atoms with Crippen molar-refractivity contribution in [2.45, 2.75) is 39.2 Å². The van der Waals surface area contributed by atoms with Crippen LogP contribution in [0.4, 0.5) is 0 Å². The fourth-order valence-electron chi connectivity index (χ4n) is 2.78. The van der Waals surface area contributed by atoms with Gasteiger partial charge in [0.1, 0.15) is 6.33 Å².